The highest BCUT2D eigenvalue weighted by atomic mass is 16.4. The maximum absolute atomic E-state index is 12.8. The zero-order valence-corrected chi connectivity index (χ0v) is 12.5. The highest BCUT2D eigenvalue weighted by Gasteiger charge is 2.38. The molecule has 2 atom stereocenters. The van der Waals surface area contributed by atoms with Crippen LogP contribution in [0.5, 0.6) is 0 Å². The summed E-state index contributed by atoms with van der Waals surface area (Å²) in [5.41, 5.74) is 0. The number of carbonyl (C=O) groups is 2. The topological polar surface area (TPSA) is 60.9 Å². The van der Waals surface area contributed by atoms with E-state index >= 15 is 0 Å². The summed E-state index contributed by atoms with van der Waals surface area (Å²) in [6, 6.07) is 0.556. The minimum atomic E-state index is -0.912. The first kappa shape index (κ1) is 15.1. The normalized spacial score (nSPS) is 27.0. The molecule has 114 valence electrons. The fourth-order valence-electron chi connectivity index (χ4n) is 3.68. The summed E-state index contributed by atoms with van der Waals surface area (Å²) < 4.78 is 0. The van der Waals surface area contributed by atoms with Crippen LogP contribution in [-0.2, 0) is 4.79 Å². The minimum Gasteiger partial charge on any atom is -0.480 e. The zero-order valence-electron chi connectivity index (χ0n) is 12.5. The molecule has 2 amide bonds. The number of hydrogen-bond donors (Lipinski definition) is 1. The van der Waals surface area contributed by atoms with Crippen LogP contribution in [0, 0.1) is 0 Å². The van der Waals surface area contributed by atoms with E-state index in [4.69, 9.17) is 5.11 Å². The molecule has 2 rings (SSSR count). The predicted molar refractivity (Wildman–Crippen MR) is 76.6 cm³/mol. The fraction of sp³-hybridized carbons (Fsp3) is 0.867. The lowest BCUT2D eigenvalue weighted by Gasteiger charge is -2.36. The molecule has 0 aromatic rings. The van der Waals surface area contributed by atoms with E-state index in [1.807, 2.05) is 4.90 Å². The van der Waals surface area contributed by atoms with Crippen LogP contribution in [0.4, 0.5) is 4.79 Å². The smallest absolute Gasteiger partial charge is 0.323 e. The molecule has 0 aromatic heterocycles. The van der Waals surface area contributed by atoms with Crippen LogP contribution >= 0.6 is 0 Å². The molecule has 1 aliphatic heterocycles. The van der Waals surface area contributed by atoms with Gasteiger partial charge >= 0.3 is 12.0 Å². The van der Waals surface area contributed by atoms with Gasteiger partial charge in [-0.2, -0.15) is 0 Å². The van der Waals surface area contributed by atoms with Crippen molar-refractivity contribution >= 4 is 12.0 Å². The van der Waals surface area contributed by atoms with Crippen LogP contribution < -0.4 is 0 Å². The number of hydrogen-bond acceptors (Lipinski definition) is 2. The molecular weight excluding hydrogens is 256 g/mol. The molecule has 0 spiro atoms. The van der Waals surface area contributed by atoms with Gasteiger partial charge in [-0.15, -0.1) is 0 Å². The number of carboxylic acids is 1. The van der Waals surface area contributed by atoms with Gasteiger partial charge in [0.05, 0.1) is 0 Å². The van der Waals surface area contributed by atoms with E-state index in [9.17, 15) is 9.59 Å². The van der Waals surface area contributed by atoms with Crippen LogP contribution in [0.2, 0.25) is 0 Å². The number of carbonyl (C=O) groups excluding carboxylic acids is 1. The Morgan fingerprint density at radius 3 is 2.40 bits per heavy atom. The lowest BCUT2D eigenvalue weighted by Crippen LogP contribution is -2.52. The zero-order chi connectivity index (χ0) is 14.7. The summed E-state index contributed by atoms with van der Waals surface area (Å²) >= 11 is 0. The Kier molecular flexibility index (Phi) is 4.89. The summed E-state index contributed by atoms with van der Waals surface area (Å²) in [7, 11) is 0. The second-order valence-electron chi connectivity index (χ2n) is 6.14. The fourth-order valence-corrected chi connectivity index (χ4v) is 3.68. The molecule has 2 aliphatic rings. The molecule has 2 fully saturated rings. The van der Waals surface area contributed by atoms with Crippen molar-refractivity contribution in [2.24, 2.45) is 0 Å². The maximum Gasteiger partial charge on any atom is 0.323 e. The Labute approximate surface area is 120 Å². The second kappa shape index (κ2) is 6.46. The lowest BCUT2D eigenvalue weighted by atomic mass is 10.1. The van der Waals surface area contributed by atoms with Crippen molar-refractivity contribution in [2.45, 2.75) is 76.9 Å². The van der Waals surface area contributed by atoms with Gasteiger partial charge in [0.25, 0.3) is 0 Å². The third-order valence-electron chi connectivity index (χ3n) is 4.79. The van der Waals surface area contributed by atoms with E-state index in [1.165, 1.54) is 0 Å². The third-order valence-corrected chi connectivity index (χ3v) is 4.79. The monoisotopic (exact) mass is 282 g/mol. The molecule has 5 heteroatoms. The van der Waals surface area contributed by atoms with E-state index in [-0.39, 0.29) is 30.7 Å². The third kappa shape index (κ3) is 3.07. The average Bonchev–Trinajstić information content (AvgIpc) is 3.04. The maximum atomic E-state index is 12.8. The molecule has 5 nitrogen and oxygen atoms in total. The van der Waals surface area contributed by atoms with Gasteiger partial charge in [0, 0.05) is 18.1 Å². The average molecular weight is 282 g/mol. The lowest BCUT2D eigenvalue weighted by molar-refractivity contribution is -0.138. The minimum absolute atomic E-state index is 0.0591. The highest BCUT2D eigenvalue weighted by molar-refractivity contribution is 5.81. The molecule has 0 bridgehead atoms. The molecule has 1 N–H and O–H groups in total. The molecule has 1 heterocycles. The van der Waals surface area contributed by atoms with Crippen molar-refractivity contribution in [1.82, 2.24) is 9.80 Å². The molecule has 1 saturated carbocycles. The number of rotatable bonds is 4. The van der Waals surface area contributed by atoms with Gasteiger partial charge in [-0.1, -0.05) is 19.8 Å². The Balaban J connectivity index is 2.14. The van der Waals surface area contributed by atoms with Gasteiger partial charge in [-0.3, -0.25) is 4.79 Å². The standard InChI is InChI=1S/C15H26N2O3/c1-3-12-9-8-11(2)17(12)15(20)16(10-14(18)19)13-6-4-5-7-13/h11-13H,3-10H2,1-2H3,(H,18,19). The molecule has 2 unspecified atom stereocenters. The highest BCUT2D eigenvalue weighted by Crippen LogP contribution is 2.30. The number of urea groups is 1. The summed E-state index contributed by atoms with van der Waals surface area (Å²) in [5, 5.41) is 9.11. The van der Waals surface area contributed by atoms with Crippen molar-refractivity contribution in [2.75, 3.05) is 6.54 Å². The van der Waals surface area contributed by atoms with E-state index in [1.54, 1.807) is 4.90 Å². The van der Waals surface area contributed by atoms with Crippen molar-refractivity contribution < 1.29 is 14.7 Å². The van der Waals surface area contributed by atoms with Crippen molar-refractivity contribution in [3.05, 3.63) is 0 Å². The van der Waals surface area contributed by atoms with Gasteiger partial charge in [0.2, 0.25) is 0 Å². The quantitative estimate of drug-likeness (QED) is 0.862. The van der Waals surface area contributed by atoms with Crippen LogP contribution in [0.3, 0.4) is 0 Å². The first-order chi connectivity index (χ1) is 9.54. The summed E-state index contributed by atoms with van der Waals surface area (Å²) in [6.45, 7) is 4.00. The molecule has 0 aromatic carbocycles. The first-order valence-electron chi connectivity index (χ1n) is 7.85. The molecule has 0 radical (unpaired) electrons. The van der Waals surface area contributed by atoms with Crippen molar-refractivity contribution in [1.29, 1.82) is 0 Å². The molecule has 1 aliphatic carbocycles. The number of aliphatic carboxylic acids is 1. The van der Waals surface area contributed by atoms with E-state index in [0.29, 0.717) is 0 Å². The van der Waals surface area contributed by atoms with Gasteiger partial charge in [0.15, 0.2) is 0 Å². The van der Waals surface area contributed by atoms with Crippen molar-refractivity contribution in [3.8, 4) is 0 Å². The number of likely N-dealkylation sites (tertiary alicyclic amines) is 1. The summed E-state index contributed by atoms with van der Waals surface area (Å²) in [6.07, 6.45) is 7.09. The van der Waals surface area contributed by atoms with Crippen LogP contribution in [0.1, 0.15) is 58.8 Å². The van der Waals surface area contributed by atoms with Crippen LogP contribution in [0.15, 0.2) is 0 Å². The molecular formula is C15H26N2O3. The Bertz CT molecular complexity index is 366. The summed E-state index contributed by atoms with van der Waals surface area (Å²) in [4.78, 5) is 27.5. The summed E-state index contributed by atoms with van der Waals surface area (Å²) in [5.74, 6) is -0.912. The Morgan fingerprint density at radius 1 is 1.20 bits per heavy atom. The molecule has 1 saturated heterocycles. The largest absolute Gasteiger partial charge is 0.480 e. The second-order valence-corrected chi connectivity index (χ2v) is 6.14. The Morgan fingerprint density at radius 2 is 1.85 bits per heavy atom. The SMILES string of the molecule is CCC1CCC(C)N1C(=O)N(CC(=O)O)C1CCCC1. The number of carboxylic acid groups (broad SMARTS) is 1. The van der Waals surface area contributed by atoms with E-state index in [0.717, 1.165) is 44.9 Å². The van der Waals surface area contributed by atoms with Gasteiger partial charge in [-0.05, 0) is 39.0 Å². The first-order valence-corrected chi connectivity index (χ1v) is 7.85. The predicted octanol–water partition coefficient (Wildman–Crippen LogP) is 2.70. The van der Waals surface area contributed by atoms with Crippen LogP contribution in [0.25, 0.3) is 0 Å². The van der Waals surface area contributed by atoms with Gasteiger partial charge in [-0.25, -0.2) is 4.79 Å². The van der Waals surface area contributed by atoms with Crippen LogP contribution in [-0.4, -0.2) is 51.6 Å². The van der Waals surface area contributed by atoms with Crippen molar-refractivity contribution in [3.63, 3.8) is 0 Å². The Hall–Kier alpha value is -1.26. The number of amides is 2. The van der Waals surface area contributed by atoms with Gasteiger partial charge in [0.1, 0.15) is 6.54 Å². The van der Waals surface area contributed by atoms with E-state index < -0.39 is 5.97 Å². The number of nitrogens with zero attached hydrogens (tertiary/aromatic N) is 2. The van der Waals surface area contributed by atoms with Gasteiger partial charge < -0.3 is 14.9 Å². The molecule has 20 heavy (non-hydrogen) atoms. The van der Waals surface area contributed by atoms with E-state index in [2.05, 4.69) is 13.8 Å².